The molecule has 2 N–H and O–H groups in total. The second-order valence-corrected chi connectivity index (χ2v) is 11.9. The summed E-state index contributed by atoms with van der Waals surface area (Å²) in [4.78, 5) is 27.2. The number of carbonyl (C=O) groups is 1. The molecule has 13 heteroatoms. The summed E-state index contributed by atoms with van der Waals surface area (Å²) >= 11 is 4.95. The van der Waals surface area contributed by atoms with E-state index in [0.29, 0.717) is 12.8 Å². The van der Waals surface area contributed by atoms with Gasteiger partial charge in [-0.1, -0.05) is 36.5 Å². The quantitative estimate of drug-likeness (QED) is 0.257. The lowest BCUT2D eigenvalue weighted by Gasteiger charge is -2.28. The van der Waals surface area contributed by atoms with Crippen LogP contribution in [0.3, 0.4) is 0 Å². The Kier molecular flexibility index (Phi) is 7.58. The van der Waals surface area contributed by atoms with Gasteiger partial charge in [-0.25, -0.2) is 18.8 Å². The van der Waals surface area contributed by atoms with Crippen molar-refractivity contribution in [3.63, 3.8) is 0 Å². The van der Waals surface area contributed by atoms with Crippen LogP contribution < -0.4 is 10.8 Å². The number of carbonyl (C=O) groups excluding carboxylic acids is 1. The van der Waals surface area contributed by atoms with Crippen LogP contribution in [-0.2, 0) is 27.9 Å². The van der Waals surface area contributed by atoms with E-state index in [1.807, 2.05) is 12.2 Å². The van der Waals surface area contributed by atoms with Crippen molar-refractivity contribution in [3.8, 4) is 0 Å². The minimum absolute atomic E-state index is 0.221. The highest BCUT2D eigenvalue weighted by Crippen LogP contribution is 2.66. The first kappa shape index (κ1) is 27.1. The summed E-state index contributed by atoms with van der Waals surface area (Å²) in [6.07, 6.45) is 7.18. The number of rotatable bonds is 10. The summed E-state index contributed by atoms with van der Waals surface area (Å²) in [6.45, 7) is 5.99. The standard InChI is InChI=1S/C23H31FN3O7PS/c1-14(2)32-19(28)15(3)26-35(30,34-16-8-6-5-7-9-16)31-13-23-12-17(23)22(4,24)20(33-23)27-11-10-18(36)25-21(27)29/h5-8,10-11,14-17,20H,9,12-13H2,1-4H3,(H,26,30)(H,25,29,36)/t15-,16?,17?,20+,22?,23+,35?/m0/s1. The van der Waals surface area contributed by atoms with E-state index in [1.54, 1.807) is 26.0 Å². The molecule has 2 heterocycles. The molecule has 36 heavy (non-hydrogen) atoms. The zero-order valence-corrected chi connectivity index (χ0v) is 22.2. The van der Waals surface area contributed by atoms with Crippen LogP contribution in [0.15, 0.2) is 41.4 Å². The van der Waals surface area contributed by atoms with E-state index in [-0.39, 0.29) is 17.4 Å². The van der Waals surface area contributed by atoms with Crippen molar-refractivity contribution in [2.24, 2.45) is 5.92 Å². The number of H-pyrrole nitrogens is 1. The van der Waals surface area contributed by atoms with Crippen molar-refractivity contribution in [3.05, 3.63) is 51.7 Å². The number of nitrogens with one attached hydrogen (secondary N) is 2. The van der Waals surface area contributed by atoms with Gasteiger partial charge in [0.1, 0.15) is 16.3 Å². The molecule has 0 bridgehead atoms. The molecule has 1 aromatic heterocycles. The maximum absolute atomic E-state index is 15.8. The second kappa shape index (κ2) is 10.1. The number of hydrogen-bond acceptors (Lipinski definition) is 8. The van der Waals surface area contributed by atoms with Gasteiger partial charge in [-0.05, 0) is 46.6 Å². The average molecular weight is 544 g/mol. The monoisotopic (exact) mass is 543 g/mol. The van der Waals surface area contributed by atoms with Crippen LogP contribution in [0.1, 0.15) is 46.8 Å². The predicted octanol–water partition coefficient (Wildman–Crippen LogP) is 3.88. The summed E-state index contributed by atoms with van der Waals surface area (Å²) in [6, 6.07) is 0.475. The van der Waals surface area contributed by atoms with E-state index in [4.69, 9.17) is 30.7 Å². The lowest BCUT2D eigenvalue weighted by Crippen LogP contribution is -2.38. The van der Waals surface area contributed by atoms with Crippen molar-refractivity contribution in [2.75, 3.05) is 6.61 Å². The third-order valence-corrected chi connectivity index (χ3v) is 8.35. The van der Waals surface area contributed by atoms with E-state index < -0.39 is 55.0 Å². The molecule has 2 fully saturated rings. The molecule has 0 spiro atoms. The minimum atomic E-state index is -4.09. The van der Waals surface area contributed by atoms with Gasteiger partial charge >= 0.3 is 19.4 Å². The van der Waals surface area contributed by atoms with Crippen molar-refractivity contribution < 1.29 is 32.3 Å². The van der Waals surface area contributed by atoms with Crippen molar-refractivity contribution >= 4 is 25.9 Å². The number of allylic oxidation sites excluding steroid dienone is 2. The van der Waals surface area contributed by atoms with E-state index in [0.717, 1.165) is 4.57 Å². The van der Waals surface area contributed by atoms with Crippen molar-refractivity contribution in [1.29, 1.82) is 0 Å². The number of alkyl halides is 1. The third kappa shape index (κ3) is 5.64. The first-order valence-corrected chi connectivity index (χ1v) is 13.7. The smallest absolute Gasteiger partial charge is 0.406 e. The van der Waals surface area contributed by atoms with Gasteiger partial charge in [0.25, 0.3) is 0 Å². The van der Waals surface area contributed by atoms with E-state index in [2.05, 4.69) is 10.1 Å². The Labute approximate surface area is 213 Å². The number of halogens is 1. The van der Waals surface area contributed by atoms with Crippen LogP contribution in [-0.4, -0.2) is 51.6 Å². The summed E-state index contributed by atoms with van der Waals surface area (Å²) in [5.74, 6) is -1.22. The van der Waals surface area contributed by atoms with Crippen LogP contribution in [0.4, 0.5) is 4.39 Å². The second-order valence-electron chi connectivity index (χ2n) is 9.76. The van der Waals surface area contributed by atoms with E-state index in [1.165, 1.54) is 26.1 Å². The van der Waals surface area contributed by atoms with Crippen molar-refractivity contribution in [2.45, 2.75) is 76.3 Å². The number of ether oxygens (including phenoxy) is 2. The average Bonchev–Trinajstić information content (AvgIpc) is 3.47. The Morgan fingerprint density at radius 2 is 2.17 bits per heavy atom. The van der Waals surface area contributed by atoms with Crippen LogP contribution in [0.25, 0.3) is 0 Å². The number of hydrogen-bond donors (Lipinski definition) is 2. The fourth-order valence-electron chi connectivity index (χ4n) is 4.51. The summed E-state index contributed by atoms with van der Waals surface area (Å²) in [5.41, 5.74) is -3.60. The van der Waals surface area contributed by atoms with Gasteiger partial charge in [-0.2, -0.15) is 0 Å². The maximum Gasteiger partial charge on any atom is 0.406 e. The van der Waals surface area contributed by atoms with Crippen LogP contribution in [0.5, 0.6) is 0 Å². The summed E-state index contributed by atoms with van der Waals surface area (Å²) in [5, 5.41) is 2.64. The number of aromatic nitrogens is 2. The Morgan fingerprint density at radius 3 is 2.81 bits per heavy atom. The van der Waals surface area contributed by atoms with Gasteiger partial charge in [0.05, 0.1) is 18.8 Å². The van der Waals surface area contributed by atoms with Crippen LogP contribution in [0.2, 0.25) is 0 Å². The molecule has 2 aliphatic carbocycles. The van der Waals surface area contributed by atoms with Gasteiger partial charge in [0, 0.05) is 12.1 Å². The van der Waals surface area contributed by atoms with Gasteiger partial charge in [-0.15, -0.1) is 0 Å². The summed E-state index contributed by atoms with van der Waals surface area (Å²) in [7, 11) is -4.09. The number of aromatic amines is 1. The molecular weight excluding hydrogens is 512 g/mol. The molecule has 1 aromatic rings. The zero-order valence-electron chi connectivity index (χ0n) is 20.5. The van der Waals surface area contributed by atoms with E-state index >= 15 is 4.39 Å². The SMILES string of the molecule is CC(C)OC(=O)[C@H](C)NP(=O)(OC[C@]12CC1C(C)(F)[C@H](n1ccc(=S)[nH]c1=O)O2)OC1C=CC=CC1. The topological polar surface area (TPSA) is 121 Å². The van der Waals surface area contributed by atoms with Crippen LogP contribution in [0, 0.1) is 10.6 Å². The molecule has 1 saturated heterocycles. The fraction of sp³-hybridized carbons (Fsp3) is 0.609. The highest BCUT2D eigenvalue weighted by Gasteiger charge is 2.74. The number of fused-ring (bicyclic) bond motifs is 1. The Hall–Kier alpha value is -1.95. The Bertz CT molecular complexity index is 1230. The molecule has 0 aromatic carbocycles. The van der Waals surface area contributed by atoms with Crippen LogP contribution >= 0.6 is 20.0 Å². The fourth-order valence-corrected chi connectivity index (χ4v) is 6.33. The molecule has 198 valence electrons. The molecule has 3 aliphatic rings. The van der Waals surface area contributed by atoms with E-state index in [9.17, 15) is 14.2 Å². The first-order valence-electron chi connectivity index (χ1n) is 11.8. The highest BCUT2D eigenvalue weighted by molar-refractivity contribution is 7.71. The third-order valence-electron chi connectivity index (χ3n) is 6.39. The Morgan fingerprint density at radius 1 is 1.42 bits per heavy atom. The predicted molar refractivity (Wildman–Crippen MR) is 132 cm³/mol. The van der Waals surface area contributed by atoms with Gasteiger partial charge in [0.2, 0.25) is 0 Å². The lowest BCUT2D eigenvalue weighted by molar-refractivity contribution is -0.149. The molecule has 4 unspecified atom stereocenters. The molecule has 10 nitrogen and oxygen atoms in total. The highest BCUT2D eigenvalue weighted by atomic mass is 32.1. The molecule has 0 radical (unpaired) electrons. The lowest BCUT2D eigenvalue weighted by atomic mass is 10.0. The molecule has 4 rings (SSSR count). The summed E-state index contributed by atoms with van der Waals surface area (Å²) < 4.78 is 53.6. The maximum atomic E-state index is 15.8. The molecule has 1 saturated carbocycles. The number of esters is 1. The molecule has 1 aliphatic heterocycles. The minimum Gasteiger partial charge on any atom is -0.462 e. The molecular formula is C23H31FN3O7PS. The van der Waals surface area contributed by atoms with Crippen molar-refractivity contribution in [1.82, 2.24) is 14.6 Å². The molecule has 0 amide bonds. The Balaban J connectivity index is 1.51. The zero-order chi connectivity index (χ0) is 26.3. The largest absolute Gasteiger partial charge is 0.462 e. The number of nitrogens with zero attached hydrogens (tertiary/aromatic N) is 1. The molecule has 7 atom stereocenters. The van der Waals surface area contributed by atoms with Gasteiger partial charge in [-0.3, -0.25) is 23.4 Å². The normalized spacial score (nSPS) is 33.2. The van der Waals surface area contributed by atoms with Gasteiger partial charge in [0.15, 0.2) is 11.9 Å². The van der Waals surface area contributed by atoms with Gasteiger partial charge < -0.3 is 9.47 Å². The first-order chi connectivity index (χ1) is 16.9.